The van der Waals surface area contributed by atoms with Crippen LogP contribution in [0.5, 0.6) is 5.75 Å². The van der Waals surface area contributed by atoms with Crippen LogP contribution in [0.2, 0.25) is 0 Å². The summed E-state index contributed by atoms with van der Waals surface area (Å²) in [6.45, 7) is 7.02. The number of nitrogens with zero attached hydrogens (tertiary/aromatic N) is 5. The first-order valence-corrected chi connectivity index (χ1v) is 21.4. The maximum absolute atomic E-state index is 14.4. The summed E-state index contributed by atoms with van der Waals surface area (Å²) >= 11 is 1.66. The minimum absolute atomic E-state index is 0.0253. The van der Waals surface area contributed by atoms with E-state index in [1.165, 1.54) is 5.56 Å². The molecule has 1 spiro atoms. The molecule has 6 bridgehead atoms. The summed E-state index contributed by atoms with van der Waals surface area (Å²) in [6, 6.07) is 19.9. The van der Waals surface area contributed by atoms with Gasteiger partial charge in [-0.2, -0.15) is 0 Å². The van der Waals surface area contributed by atoms with E-state index in [4.69, 9.17) is 9.72 Å². The Morgan fingerprint density at radius 3 is 2.30 bits per heavy atom. The molecule has 0 radical (unpaired) electrons. The van der Waals surface area contributed by atoms with Crippen LogP contribution in [0.25, 0.3) is 0 Å². The Balaban J connectivity index is 0.995. The van der Waals surface area contributed by atoms with Gasteiger partial charge in [0.15, 0.2) is 6.61 Å². The zero-order valence-corrected chi connectivity index (χ0v) is 33.3. The molecule has 13 heteroatoms. The van der Waals surface area contributed by atoms with E-state index >= 15 is 0 Å². The molecule has 4 fully saturated rings. The maximum Gasteiger partial charge on any atom is 0.260 e. The third-order valence-corrected chi connectivity index (χ3v) is 14.0. The quantitative estimate of drug-likeness (QED) is 0.386. The number of carbonyl (C=O) groups is 4. The lowest BCUT2D eigenvalue weighted by molar-refractivity contribution is -0.141. The normalized spacial score (nSPS) is 24.1. The fraction of sp³-hybridized carbons (Fsp3) is 0.558. The maximum atomic E-state index is 14.4. The molecule has 1 aromatic heterocycles. The molecule has 10 rings (SSSR count). The summed E-state index contributed by atoms with van der Waals surface area (Å²) in [7, 11) is 0. The van der Waals surface area contributed by atoms with Crippen LogP contribution in [0, 0.1) is 6.92 Å². The number of piperidine rings is 3. The Labute approximate surface area is 333 Å². The molecule has 12 nitrogen and oxygen atoms in total. The number of para-hydroxylation sites is 1. The molecule has 7 aliphatic rings. The number of carbonyl (C=O) groups excluding carboxylic acids is 4. The molecule has 2 atom stereocenters. The number of thiazole rings is 1. The summed E-state index contributed by atoms with van der Waals surface area (Å²) < 4.78 is 5.75. The van der Waals surface area contributed by atoms with Crippen molar-refractivity contribution in [3.8, 4) is 5.75 Å². The van der Waals surface area contributed by atoms with Crippen molar-refractivity contribution in [3.05, 3.63) is 81.8 Å². The fourth-order valence-electron chi connectivity index (χ4n) is 9.48. The van der Waals surface area contributed by atoms with Crippen LogP contribution >= 0.6 is 11.3 Å². The molecule has 2 N–H and O–H groups in total. The number of benzene rings is 2. The molecule has 298 valence electrons. The predicted octanol–water partition coefficient (Wildman–Crippen LogP) is 3.88. The molecular formula is C43H55N7O5S. The molecule has 3 aromatic rings. The number of fused-ring (bicyclic) bond motifs is 2. The first kappa shape index (κ1) is 38.5. The molecule has 4 saturated heterocycles. The number of amides is 4. The highest BCUT2D eigenvalue weighted by molar-refractivity contribution is 7.11. The van der Waals surface area contributed by atoms with Crippen LogP contribution < -0.4 is 15.4 Å². The highest BCUT2D eigenvalue weighted by atomic mass is 32.1. The SMILES string of the molecule is Cc1sc2nc1CC(=O)NC1(CCN(C(=O)COc3ccccc3)CC1)CC(=O)N1CCC(CC1)N1C[C@@H](NCc3ccccc3)C[C@H]1C(=O)N1CCC2CC1. The van der Waals surface area contributed by atoms with E-state index < -0.39 is 5.54 Å². The number of rotatable bonds is 6. The molecule has 8 heterocycles. The van der Waals surface area contributed by atoms with Crippen molar-refractivity contribution in [2.24, 2.45) is 0 Å². The van der Waals surface area contributed by atoms with Crippen LogP contribution in [-0.2, 0) is 32.1 Å². The predicted molar refractivity (Wildman–Crippen MR) is 214 cm³/mol. The minimum Gasteiger partial charge on any atom is -0.484 e. The van der Waals surface area contributed by atoms with Gasteiger partial charge in [0.1, 0.15) is 5.75 Å². The Kier molecular flexibility index (Phi) is 11.7. The number of nitrogens with one attached hydrogen (secondary N) is 2. The van der Waals surface area contributed by atoms with Crippen molar-refractivity contribution in [2.45, 2.75) is 101 Å². The van der Waals surface area contributed by atoms with Gasteiger partial charge in [-0.1, -0.05) is 48.5 Å². The van der Waals surface area contributed by atoms with Gasteiger partial charge < -0.3 is 30.1 Å². The van der Waals surface area contributed by atoms with Crippen LogP contribution in [-0.4, -0.2) is 124 Å². The standard InChI is InChI=1S/C43H55N7O5S/c1-30-36-25-38(51)46-43(16-22-48(23-17-43)40(53)29-55-35-10-6-3-7-11-35)26-39(52)47-20-14-34(15-21-47)50-28-33(44-27-31-8-4-2-5-9-31)24-37(50)42(54)49-18-12-32(13-19-49)41(45-36)56-30/h2-11,32-34,37,44H,12-29H2,1H3,(H,46,51)/t33-,37-/m0/s1. The second kappa shape index (κ2) is 17.0. The summed E-state index contributed by atoms with van der Waals surface area (Å²) in [5.41, 5.74) is 1.24. The number of ether oxygens (including phenoxy) is 1. The minimum atomic E-state index is -0.771. The molecule has 7 aliphatic heterocycles. The van der Waals surface area contributed by atoms with Gasteiger partial charge in [-0.3, -0.25) is 24.1 Å². The smallest absolute Gasteiger partial charge is 0.260 e. The van der Waals surface area contributed by atoms with E-state index in [0.29, 0.717) is 57.9 Å². The Hall–Kier alpha value is -4.33. The Morgan fingerprint density at radius 1 is 0.911 bits per heavy atom. The first-order chi connectivity index (χ1) is 27.2. The highest BCUT2D eigenvalue weighted by Crippen LogP contribution is 2.36. The van der Waals surface area contributed by atoms with E-state index in [1.807, 2.05) is 48.2 Å². The third-order valence-electron chi connectivity index (χ3n) is 12.8. The fourth-order valence-corrected chi connectivity index (χ4v) is 10.6. The number of hydrogen-bond donors (Lipinski definition) is 2. The number of likely N-dealkylation sites (tertiary alicyclic amines) is 1. The Bertz CT molecular complexity index is 1850. The summed E-state index contributed by atoms with van der Waals surface area (Å²) in [4.78, 5) is 69.9. The average Bonchev–Trinajstić information content (AvgIpc) is 3.82. The van der Waals surface area contributed by atoms with Gasteiger partial charge in [0.25, 0.3) is 5.91 Å². The van der Waals surface area contributed by atoms with Gasteiger partial charge in [0.2, 0.25) is 17.7 Å². The van der Waals surface area contributed by atoms with Crippen LogP contribution in [0.4, 0.5) is 0 Å². The zero-order valence-electron chi connectivity index (χ0n) is 32.5. The lowest BCUT2D eigenvalue weighted by atomic mass is 9.83. The molecule has 0 saturated carbocycles. The summed E-state index contributed by atoms with van der Waals surface area (Å²) in [6.07, 6.45) is 5.39. The molecule has 0 aliphatic carbocycles. The number of aryl methyl sites for hydroxylation is 1. The van der Waals surface area contributed by atoms with Crippen LogP contribution in [0.15, 0.2) is 60.7 Å². The average molecular weight is 782 g/mol. The topological polar surface area (TPSA) is 127 Å². The highest BCUT2D eigenvalue weighted by Gasteiger charge is 2.45. The zero-order chi connectivity index (χ0) is 38.6. The lowest BCUT2D eigenvalue weighted by Gasteiger charge is -2.44. The van der Waals surface area contributed by atoms with Gasteiger partial charge >= 0.3 is 0 Å². The number of aromatic nitrogens is 1. The third kappa shape index (κ3) is 8.79. The van der Waals surface area contributed by atoms with Gasteiger partial charge in [0, 0.05) is 75.2 Å². The molecule has 2 aromatic carbocycles. The summed E-state index contributed by atoms with van der Waals surface area (Å²) in [5.74, 6) is 0.898. The van der Waals surface area contributed by atoms with E-state index in [2.05, 4.69) is 44.7 Å². The Morgan fingerprint density at radius 2 is 1.59 bits per heavy atom. The second-order valence-electron chi connectivity index (χ2n) is 16.4. The van der Waals surface area contributed by atoms with Crippen LogP contribution in [0.3, 0.4) is 0 Å². The van der Waals surface area contributed by atoms with Gasteiger partial charge in [0.05, 0.1) is 35.1 Å². The first-order valence-electron chi connectivity index (χ1n) is 20.5. The number of hydrogen-bond acceptors (Lipinski definition) is 9. The van der Waals surface area contributed by atoms with Crippen molar-refractivity contribution in [2.75, 3.05) is 52.4 Å². The molecule has 56 heavy (non-hydrogen) atoms. The van der Waals surface area contributed by atoms with Crippen molar-refractivity contribution >= 4 is 35.0 Å². The molecule has 0 unspecified atom stereocenters. The van der Waals surface area contributed by atoms with Crippen LogP contribution in [0.1, 0.15) is 78.4 Å². The largest absolute Gasteiger partial charge is 0.484 e. The van der Waals surface area contributed by atoms with Gasteiger partial charge in [-0.25, -0.2) is 4.98 Å². The second-order valence-corrected chi connectivity index (χ2v) is 17.7. The van der Waals surface area contributed by atoms with E-state index in [1.54, 1.807) is 16.2 Å². The molecular weight excluding hydrogens is 727 g/mol. The van der Waals surface area contributed by atoms with Gasteiger partial charge in [-0.15, -0.1) is 11.3 Å². The summed E-state index contributed by atoms with van der Waals surface area (Å²) in [5, 5.41) is 8.13. The monoisotopic (exact) mass is 781 g/mol. The molecule has 4 amide bonds. The van der Waals surface area contributed by atoms with E-state index in [-0.39, 0.29) is 67.1 Å². The van der Waals surface area contributed by atoms with Crippen molar-refractivity contribution in [3.63, 3.8) is 0 Å². The van der Waals surface area contributed by atoms with Crippen molar-refractivity contribution in [1.29, 1.82) is 0 Å². The van der Waals surface area contributed by atoms with E-state index in [9.17, 15) is 19.2 Å². The lowest BCUT2D eigenvalue weighted by Crippen LogP contribution is -2.59. The van der Waals surface area contributed by atoms with Crippen molar-refractivity contribution < 1.29 is 23.9 Å². The van der Waals surface area contributed by atoms with Crippen molar-refractivity contribution in [1.82, 2.24) is 35.2 Å². The van der Waals surface area contributed by atoms with Gasteiger partial charge in [-0.05, 0) is 69.6 Å². The van der Waals surface area contributed by atoms with E-state index in [0.717, 1.165) is 60.8 Å².